The van der Waals surface area contributed by atoms with E-state index in [2.05, 4.69) is 4.98 Å². The van der Waals surface area contributed by atoms with E-state index in [1.54, 1.807) is 66.9 Å². The van der Waals surface area contributed by atoms with Crippen LogP contribution in [0.2, 0.25) is 0 Å². The molecule has 1 fully saturated rings. The van der Waals surface area contributed by atoms with Crippen molar-refractivity contribution in [3.8, 4) is 17.2 Å². The van der Waals surface area contributed by atoms with Crippen LogP contribution in [0.5, 0.6) is 17.2 Å². The summed E-state index contributed by atoms with van der Waals surface area (Å²) in [5, 5.41) is 11.5. The quantitative estimate of drug-likeness (QED) is 0.260. The molecule has 1 saturated heterocycles. The largest absolute Gasteiger partial charge is 0.507 e. The Balaban J connectivity index is 1.91. The zero-order valence-electron chi connectivity index (χ0n) is 20.4. The zero-order valence-corrected chi connectivity index (χ0v) is 20.4. The normalized spacial score (nSPS) is 16.8. The molecule has 1 aliphatic rings. The van der Waals surface area contributed by atoms with Gasteiger partial charge in [0, 0.05) is 24.0 Å². The van der Waals surface area contributed by atoms with Crippen LogP contribution in [0.15, 0.2) is 72.4 Å². The minimum absolute atomic E-state index is 0.0781. The molecule has 1 unspecified atom stereocenters. The number of aromatic nitrogens is 1. The maximum atomic E-state index is 13.4. The number of carbonyl (C=O) groups is 2. The van der Waals surface area contributed by atoms with Gasteiger partial charge in [-0.05, 0) is 57.2 Å². The molecule has 3 aromatic rings. The Kier molecular flexibility index (Phi) is 7.53. The lowest BCUT2D eigenvalue weighted by Crippen LogP contribution is -2.29. The van der Waals surface area contributed by atoms with E-state index in [1.165, 1.54) is 4.90 Å². The molecule has 0 radical (unpaired) electrons. The van der Waals surface area contributed by atoms with Gasteiger partial charge in [-0.25, -0.2) is 0 Å². The molecular formula is C28H28N2O6. The van der Waals surface area contributed by atoms with Crippen LogP contribution in [0.4, 0.5) is 5.69 Å². The molecule has 36 heavy (non-hydrogen) atoms. The molecule has 1 aromatic heterocycles. The van der Waals surface area contributed by atoms with Gasteiger partial charge >= 0.3 is 0 Å². The Morgan fingerprint density at radius 3 is 2.28 bits per heavy atom. The molecule has 0 bridgehead atoms. The second kappa shape index (κ2) is 10.9. The van der Waals surface area contributed by atoms with Gasteiger partial charge in [-0.3, -0.25) is 19.5 Å². The van der Waals surface area contributed by atoms with Crippen LogP contribution in [0.25, 0.3) is 5.76 Å². The van der Waals surface area contributed by atoms with Gasteiger partial charge < -0.3 is 19.3 Å². The molecule has 8 heteroatoms. The number of aliphatic hydroxyl groups excluding tert-OH is 1. The lowest BCUT2D eigenvalue weighted by atomic mass is 9.97. The molecule has 2 aromatic carbocycles. The summed E-state index contributed by atoms with van der Waals surface area (Å²) in [6.45, 7) is 6.78. The van der Waals surface area contributed by atoms with Crippen molar-refractivity contribution >= 4 is 23.1 Å². The summed E-state index contributed by atoms with van der Waals surface area (Å²) in [5.41, 5.74) is 1.09. The number of aliphatic hydroxyl groups is 1. The van der Waals surface area contributed by atoms with Crippen molar-refractivity contribution in [1.82, 2.24) is 4.98 Å². The van der Waals surface area contributed by atoms with Gasteiger partial charge in [-0.15, -0.1) is 0 Å². The highest BCUT2D eigenvalue weighted by molar-refractivity contribution is 6.51. The van der Waals surface area contributed by atoms with E-state index in [0.29, 0.717) is 48.5 Å². The smallest absolute Gasteiger partial charge is 0.300 e. The fraction of sp³-hybridized carbons (Fsp3) is 0.250. The number of rotatable bonds is 9. The van der Waals surface area contributed by atoms with Crippen molar-refractivity contribution < 1.29 is 28.9 Å². The van der Waals surface area contributed by atoms with Gasteiger partial charge in [0.25, 0.3) is 11.7 Å². The molecule has 8 nitrogen and oxygen atoms in total. The predicted octanol–water partition coefficient (Wildman–Crippen LogP) is 4.90. The van der Waals surface area contributed by atoms with Gasteiger partial charge in [-0.2, -0.15) is 0 Å². The van der Waals surface area contributed by atoms with Gasteiger partial charge in [0.15, 0.2) is 0 Å². The lowest BCUT2D eigenvalue weighted by Gasteiger charge is -2.25. The third-order valence-electron chi connectivity index (χ3n) is 5.64. The standard InChI is InChI=1S/C28H28N2O6/c1-4-34-19-11-9-10-18(16-19)30-25(22-12-7-8-15-29-22)24(27(32)28(30)33)26(31)21-14-13-20(35-5-2)17-23(21)36-6-3/h7-17,25,31H,4-6H2,1-3H3/b26-24-. The van der Waals surface area contributed by atoms with Crippen molar-refractivity contribution in [3.63, 3.8) is 0 Å². The first kappa shape index (κ1) is 24.8. The Labute approximate surface area is 209 Å². The number of benzene rings is 2. The average Bonchev–Trinajstić information content (AvgIpc) is 3.15. The van der Waals surface area contributed by atoms with Crippen molar-refractivity contribution in [2.45, 2.75) is 26.8 Å². The van der Waals surface area contributed by atoms with Crippen LogP contribution in [-0.2, 0) is 9.59 Å². The van der Waals surface area contributed by atoms with Gasteiger partial charge in [-0.1, -0.05) is 12.1 Å². The number of anilines is 1. The van der Waals surface area contributed by atoms with Crippen LogP contribution in [-0.4, -0.2) is 41.6 Å². The van der Waals surface area contributed by atoms with E-state index in [1.807, 2.05) is 20.8 Å². The summed E-state index contributed by atoms with van der Waals surface area (Å²) >= 11 is 0. The summed E-state index contributed by atoms with van der Waals surface area (Å²) < 4.78 is 16.9. The maximum absolute atomic E-state index is 13.4. The third kappa shape index (κ3) is 4.75. The third-order valence-corrected chi connectivity index (χ3v) is 5.64. The van der Waals surface area contributed by atoms with Crippen LogP contribution in [0.3, 0.4) is 0 Å². The minimum Gasteiger partial charge on any atom is -0.507 e. The number of nitrogens with zero attached hydrogens (tertiary/aromatic N) is 2. The van der Waals surface area contributed by atoms with Crippen LogP contribution in [0.1, 0.15) is 38.1 Å². The van der Waals surface area contributed by atoms with Crippen LogP contribution >= 0.6 is 0 Å². The number of hydrogen-bond acceptors (Lipinski definition) is 7. The number of amides is 1. The molecule has 2 heterocycles. The monoisotopic (exact) mass is 488 g/mol. The van der Waals surface area contributed by atoms with E-state index < -0.39 is 17.7 Å². The SMILES string of the molecule is CCOc1cccc(N2C(=O)C(=O)/C(=C(\O)c3ccc(OCC)cc3OCC)C2c2ccccn2)c1. The van der Waals surface area contributed by atoms with E-state index in [0.717, 1.165) is 0 Å². The van der Waals surface area contributed by atoms with E-state index in [-0.39, 0.29) is 16.9 Å². The highest BCUT2D eigenvalue weighted by atomic mass is 16.5. The number of ether oxygens (including phenoxy) is 3. The van der Waals surface area contributed by atoms with Gasteiger partial charge in [0.2, 0.25) is 0 Å². The summed E-state index contributed by atoms with van der Waals surface area (Å²) in [6, 6.07) is 16.1. The van der Waals surface area contributed by atoms with Crippen molar-refractivity contribution in [3.05, 3.63) is 83.7 Å². The molecule has 0 aliphatic carbocycles. The zero-order chi connectivity index (χ0) is 25.7. The Morgan fingerprint density at radius 1 is 0.889 bits per heavy atom. The summed E-state index contributed by atoms with van der Waals surface area (Å²) in [5.74, 6) is -0.482. The summed E-state index contributed by atoms with van der Waals surface area (Å²) in [7, 11) is 0. The maximum Gasteiger partial charge on any atom is 0.300 e. The number of Topliss-reactive ketones (excluding diaryl/α,β-unsaturated/α-hetero) is 1. The van der Waals surface area contributed by atoms with Crippen LogP contribution < -0.4 is 19.1 Å². The number of ketones is 1. The summed E-state index contributed by atoms with van der Waals surface area (Å²) in [4.78, 5) is 32.5. The second-order valence-electron chi connectivity index (χ2n) is 7.88. The molecule has 1 atom stereocenters. The Hall–Kier alpha value is -4.33. The molecule has 0 spiro atoms. The topological polar surface area (TPSA) is 98.2 Å². The number of hydrogen-bond donors (Lipinski definition) is 1. The highest BCUT2D eigenvalue weighted by Gasteiger charge is 2.48. The Bertz CT molecular complexity index is 1290. The first-order valence-electron chi connectivity index (χ1n) is 11.8. The molecule has 186 valence electrons. The van der Waals surface area contributed by atoms with E-state index in [9.17, 15) is 14.7 Å². The molecule has 1 N–H and O–H groups in total. The molecule has 1 amide bonds. The van der Waals surface area contributed by atoms with Gasteiger partial charge in [0.05, 0.1) is 36.7 Å². The van der Waals surface area contributed by atoms with Crippen molar-refractivity contribution in [1.29, 1.82) is 0 Å². The molecular weight excluding hydrogens is 460 g/mol. The van der Waals surface area contributed by atoms with Gasteiger partial charge in [0.1, 0.15) is 29.0 Å². The van der Waals surface area contributed by atoms with E-state index in [4.69, 9.17) is 14.2 Å². The second-order valence-corrected chi connectivity index (χ2v) is 7.88. The van der Waals surface area contributed by atoms with Crippen molar-refractivity contribution in [2.75, 3.05) is 24.7 Å². The Morgan fingerprint density at radius 2 is 1.61 bits per heavy atom. The lowest BCUT2D eigenvalue weighted by molar-refractivity contribution is -0.132. The summed E-state index contributed by atoms with van der Waals surface area (Å²) in [6.07, 6.45) is 1.58. The number of pyridine rings is 1. The molecule has 0 saturated carbocycles. The van der Waals surface area contributed by atoms with Crippen molar-refractivity contribution in [2.24, 2.45) is 0 Å². The molecule has 1 aliphatic heterocycles. The fourth-order valence-electron chi connectivity index (χ4n) is 4.18. The molecule has 4 rings (SSSR count). The fourth-order valence-corrected chi connectivity index (χ4v) is 4.18. The predicted molar refractivity (Wildman–Crippen MR) is 135 cm³/mol. The first-order chi connectivity index (χ1) is 17.5. The highest BCUT2D eigenvalue weighted by Crippen LogP contribution is 2.43. The minimum atomic E-state index is -0.955. The number of carbonyl (C=O) groups excluding carboxylic acids is 2. The van der Waals surface area contributed by atoms with E-state index >= 15 is 0 Å². The van der Waals surface area contributed by atoms with Crippen LogP contribution in [0, 0.1) is 0 Å². The first-order valence-corrected chi connectivity index (χ1v) is 11.8. The average molecular weight is 489 g/mol.